The second-order valence-corrected chi connectivity index (χ2v) is 4.57. The molecule has 12 heavy (non-hydrogen) atoms. The Labute approximate surface area is 76.1 Å². The van der Waals surface area contributed by atoms with Crippen LogP contribution in [0.5, 0.6) is 0 Å². The van der Waals surface area contributed by atoms with Crippen LogP contribution in [0.3, 0.4) is 0 Å². The summed E-state index contributed by atoms with van der Waals surface area (Å²) in [7, 11) is 0. The van der Waals surface area contributed by atoms with Crippen molar-refractivity contribution in [2.45, 2.75) is 31.7 Å². The molecule has 0 radical (unpaired) electrons. The van der Waals surface area contributed by atoms with Crippen LogP contribution in [0.25, 0.3) is 0 Å². The van der Waals surface area contributed by atoms with Gasteiger partial charge in [-0.05, 0) is 31.3 Å². The van der Waals surface area contributed by atoms with Crippen LogP contribution in [0.2, 0.25) is 0 Å². The van der Waals surface area contributed by atoms with Gasteiger partial charge in [-0.25, -0.2) is 8.78 Å². The highest BCUT2D eigenvalue weighted by atomic mass is 32.2. The third-order valence-electron chi connectivity index (χ3n) is 2.37. The van der Waals surface area contributed by atoms with Crippen LogP contribution < -0.4 is 5.73 Å². The zero-order valence-electron chi connectivity index (χ0n) is 7.22. The molecule has 2 N–H and O–H groups in total. The lowest BCUT2D eigenvalue weighted by atomic mass is 9.91. The normalized spacial score (nSPS) is 24.0. The van der Waals surface area contributed by atoms with E-state index in [2.05, 4.69) is 0 Å². The van der Waals surface area contributed by atoms with Crippen molar-refractivity contribution in [1.82, 2.24) is 0 Å². The predicted octanol–water partition coefficient (Wildman–Crippen LogP) is 2.11. The highest BCUT2D eigenvalue weighted by Crippen LogP contribution is 2.36. The van der Waals surface area contributed by atoms with Crippen LogP contribution in [0, 0.1) is 5.92 Å². The number of alkyl halides is 2. The van der Waals surface area contributed by atoms with Crippen molar-refractivity contribution in [3.8, 4) is 0 Å². The molecule has 0 aromatic heterocycles. The van der Waals surface area contributed by atoms with Gasteiger partial charge in [0.25, 0.3) is 5.92 Å². The summed E-state index contributed by atoms with van der Waals surface area (Å²) in [6.07, 6.45) is 1.22. The highest BCUT2D eigenvalue weighted by molar-refractivity contribution is 7.99. The van der Waals surface area contributed by atoms with Crippen LogP contribution >= 0.6 is 11.8 Å². The maximum Gasteiger partial charge on any atom is 0.265 e. The van der Waals surface area contributed by atoms with E-state index in [1.54, 1.807) is 11.8 Å². The van der Waals surface area contributed by atoms with Crippen LogP contribution in [-0.2, 0) is 0 Å². The Hall–Kier alpha value is 0.170. The van der Waals surface area contributed by atoms with E-state index in [4.69, 9.17) is 5.73 Å². The summed E-state index contributed by atoms with van der Waals surface area (Å²) in [5.74, 6) is -1.44. The first-order valence-electron chi connectivity index (χ1n) is 4.26. The number of nitrogens with two attached hydrogens (primary N) is 1. The first kappa shape index (κ1) is 10.3. The van der Waals surface area contributed by atoms with Gasteiger partial charge in [0.05, 0.1) is 6.04 Å². The Morgan fingerprint density at radius 3 is 2.33 bits per heavy atom. The van der Waals surface area contributed by atoms with Crippen LogP contribution in [0.4, 0.5) is 8.78 Å². The first-order chi connectivity index (χ1) is 5.55. The maximum atomic E-state index is 13.3. The van der Waals surface area contributed by atoms with Crippen molar-refractivity contribution in [1.29, 1.82) is 0 Å². The van der Waals surface area contributed by atoms with Gasteiger partial charge in [0, 0.05) is 5.92 Å². The van der Waals surface area contributed by atoms with E-state index in [0.29, 0.717) is 12.8 Å². The second-order valence-electron chi connectivity index (χ2n) is 3.35. The van der Waals surface area contributed by atoms with Crippen molar-refractivity contribution in [2.75, 3.05) is 11.5 Å². The fraction of sp³-hybridized carbons (Fsp3) is 1.00. The summed E-state index contributed by atoms with van der Waals surface area (Å²) >= 11 is 1.75. The topological polar surface area (TPSA) is 26.0 Å². The lowest BCUT2D eigenvalue weighted by Crippen LogP contribution is -2.45. The molecule has 1 heterocycles. The van der Waals surface area contributed by atoms with Crippen molar-refractivity contribution >= 4 is 11.8 Å². The largest absolute Gasteiger partial charge is 0.323 e. The van der Waals surface area contributed by atoms with Gasteiger partial charge in [-0.2, -0.15) is 11.8 Å². The van der Waals surface area contributed by atoms with Crippen molar-refractivity contribution < 1.29 is 8.78 Å². The molecule has 0 spiro atoms. The average Bonchev–Trinajstić information content (AvgIpc) is 2.06. The Morgan fingerprint density at radius 2 is 1.92 bits per heavy atom. The number of halogens is 2. The molecule has 1 nitrogen and oxygen atoms in total. The molecule has 0 bridgehead atoms. The predicted molar refractivity (Wildman–Crippen MR) is 48.6 cm³/mol. The monoisotopic (exact) mass is 195 g/mol. The number of hydrogen-bond donors (Lipinski definition) is 1. The van der Waals surface area contributed by atoms with Crippen molar-refractivity contribution in [3.63, 3.8) is 0 Å². The van der Waals surface area contributed by atoms with E-state index in [0.717, 1.165) is 11.5 Å². The maximum absolute atomic E-state index is 13.3. The van der Waals surface area contributed by atoms with Gasteiger partial charge < -0.3 is 5.73 Å². The second kappa shape index (κ2) is 3.92. The molecule has 1 unspecified atom stereocenters. The Balaban J connectivity index is 2.53. The Kier molecular flexibility index (Phi) is 3.35. The fourth-order valence-corrected chi connectivity index (χ4v) is 2.56. The van der Waals surface area contributed by atoms with Gasteiger partial charge in [0.15, 0.2) is 0 Å². The zero-order chi connectivity index (χ0) is 9.19. The summed E-state index contributed by atoms with van der Waals surface area (Å²) < 4.78 is 26.6. The molecule has 1 atom stereocenters. The smallest absolute Gasteiger partial charge is 0.265 e. The minimum Gasteiger partial charge on any atom is -0.323 e. The molecule has 1 rings (SSSR count). The van der Waals surface area contributed by atoms with Crippen LogP contribution in [0.1, 0.15) is 19.8 Å². The van der Waals surface area contributed by atoms with Gasteiger partial charge in [0.2, 0.25) is 0 Å². The Bertz CT molecular complexity index is 144. The Morgan fingerprint density at radius 1 is 1.42 bits per heavy atom. The molecule has 4 heteroatoms. The lowest BCUT2D eigenvalue weighted by Gasteiger charge is -2.32. The number of thioether (sulfide) groups is 1. The molecular formula is C8H15F2NS. The number of hydrogen-bond acceptors (Lipinski definition) is 2. The van der Waals surface area contributed by atoms with E-state index in [1.165, 1.54) is 6.92 Å². The molecule has 1 aliphatic rings. The molecular weight excluding hydrogens is 180 g/mol. The average molecular weight is 195 g/mol. The van der Waals surface area contributed by atoms with Gasteiger partial charge in [0.1, 0.15) is 0 Å². The molecule has 1 fully saturated rings. The molecule has 0 saturated carbocycles. The quantitative estimate of drug-likeness (QED) is 0.730. The van der Waals surface area contributed by atoms with Gasteiger partial charge in [-0.1, -0.05) is 0 Å². The van der Waals surface area contributed by atoms with Gasteiger partial charge >= 0.3 is 0 Å². The van der Waals surface area contributed by atoms with Crippen LogP contribution in [-0.4, -0.2) is 23.5 Å². The lowest BCUT2D eigenvalue weighted by molar-refractivity contribution is -0.0779. The van der Waals surface area contributed by atoms with E-state index in [-0.39, 0.29) is 0 Å². The van der Waals surface area contributed by atoms with Crippen molar-refractivity contribution in [2.24, 2.45) is 11.7 Å². The number of rotatable bonds is 2. The third kappa shape index (κ3) is 2.10. The molecule has 0 amide bonds. The van der Waals surface area contributed by atoms with E-state index < -0.39 is 17.9 Å². The zero-order valence-corrected chi connectivity index (χ0v) is 8.04. The molecule has 1 saturated heterocycles. The molecule has 0 aromatic carbocycles. The van der Waals surface area contributed by atoms with Crippen molar-refractivity contribution in [3.05, 3.63) is 0 Å². The summed E-state index contributed by atoms with van der Waals surface area (Å²) in [5.41, 5.74) is 5.24. The minimum atomic E-state index is -2.67. The van der Waals surface area contributed by atoms with Gasteiger partial charge in [-0.3, -0.25) is 0 Å². The van der Waals surface area contributed by atoms with Crippen LogP contribution in [0.15, 0.2) is 0 Å². The summed E-state index contributed by atoms with van der Waals surface area (Å²) in [6.45, 7) is 1.39. The fourth-order valence-electron chi connectivity index (χ4n) is 1.45. The molecule has 0 aromatic rings. The summed E-state index contributed by atoms with van der Waals surface area (Å²) in [4.78, 5) is 0. The minimum absolute atomic E-state index is 0.487. The van der Waals surface area contributed by atoms with E-state index in [9.17, 15) is 8.78 Å². The molecule has 72 valence electrons. The van der Waals surface area contributed by atoms with E-state index >= 15 is 0 Å². The third-order valence-corrected chi connectivity index (χ3v) is 3.42. The summed E-state index contributed by atoms with van der Waals surface area (Å²) in [5, 5.41) is 0. The van der Waals surface area contributed by atoms with E-state index in [1.807, 2.05) is 0 Å². The first-order valence-corrected chi connectivity index (χ1v) is 5.41. The molecule has 0 aliphatic carbocycles. The highest BCUT2D eigenvalue weighted by Gasteiger charge is 2.43. The molecule has 1 aliphatic heterocycles. The standard InChI is InChI=1S/C8H15F2NS/c1-6(11)8(9,10)7-2-4-12-5-3-7/h6-7H,2-5,11H2,1H3. The SMILES string of the molecule is CC(N)C(F)(F)C1CCSCC1. The summed E-state index contributed by atoms with van der Waals surface area (Å²) in [6, 6.07) is -1.01. The van der Waals surface area contributed by atoms with Gasteiger partial charge in [-0.15, -0.1) is 0 Å².